The topological polar surface area (TPSA) is 64.4 Å². The number of furan rings is 1. The van der Waals surface area contributed by atoms with Crippen molar-refractivity contribution in [3.05, 3.63) is 59.7 Å². The molecule has 5 nitrogen and oxygen atoms in total. The van der Waals surface area contributed by atoms with Gasteiger partial charge in [0.15, 0.2) is 5.78 Å². The number of ketones is 1. The van der Waals surface area contributed by atoms with Gasteiger partial charge in [0.2, 0.25) is 0 Å². The van der Waals surface area contributed by atoms with Crippen molar-refractivity contribution in [2.24, 2.45) is 0 Å². The molecule has 5 heteroatoms. The number of carbonyl (C=O) groups excluding carboxylic acids is 1. The van der Waals surface area contributed by atoms with E-state index in [9.17, 15) is 4.79 Å². The first-order chi connectivity index (χ1) is 13.2. The van der Waals surface area contributed by atoms with E-state index in [-0.39, 0.29) is 5.78 Å². The van der Waals surface area contributed by atoms with Crippen LogP contribution < -0.4 is 5.84 Å². The first-order valence-corrected chi connectivity index (χ1v) is 9.86. The minimum atomic E-state index is -0.0178. The van der Waals surface area contributed by atoms with Crippen molar-refractivity contribution in [2.75, 3.05) is 25.5 Å². The summed E-state index contributed by atoms with van der Waals surface area (Å²) in [6.45, 7) is 5.71. The van der Waals surface area contributed by atoms with Crippen LogP contribution in [0.1, 0.15) is 60.0 Å². The quantitative estimate of drug-likeness (QED) is 0.526. The van der Waals surface area contributed by atoms with Crippen molar-refractivity contribution in [3.63, 3.8) is 0 Å². The maximum atomic E-state index is 12.7. The molecule has 3 heterocycles. The molecule has 0 amide bonds. The average molecular weight is 365 g/mol. The number of hydrogen-bond donors (Lipinski definition) is 1. The third-order valence-corrected chi connectivity index (χ3v) is 5.76. The summed E-state index contributed by atoms with van der Waals surface area (Å²) in [6, 6.07) is 7.49. The van der Waals surface area contributed by atoms with Gasteiger partial charge in [-0.2, -0.15) is 0 Å². The Hall–Kier alpha value is -2.53. The van der Waals surface area contributed by atoms with E-state index in [0.29, 0.717) is 17.0 Å². The van der Waals surface area contributed by atoms with E-state index >= 15 is 0 Å². The fourth-order valence-corrected chi connectivity index (χ4v) is 4.16. The smallest absolute Gasteiger partial charge is 0.196 e. The molecule has 0 unspecified atom stereocenters. The summed E-state index contributed by atoms with van der Waals surface area (Å²) < 4.78 is 6.75. The van der Waals surface area contributed by atoms with Gasteiger partial charge in [-0.15, -0.1) is 0 Å². The highest BCUT2D eigenvalue weighted by Crippen LogP contribution is 2.34. The molecule has 1 saturated heterocycles. The minimum absolute atomic E-state index is 0.0178. The van der Waals surface area contributed by atoms with E-state index in [1.165, 1.54) is 37.5 Å². The molecule has 1 aliphatic rings. The summed E-state index contributed by atoms with van der Waals surface area (Å²) in [5.41, 5.74) is 3.50. The molecule has 0 radical (unpaired) electrons. The van der Waals surface area contributed by atoms with Gasteiger partial charge < -0.3 is 15.2 Å². The molecule has 1 fully saturated rings. The maximum absolute atomic E-state index is 12.7. The molecule has 4 rings (SSSR count). The van der Waals surface area contributed by atoms with E-state index in [1.807, 2.05) is 24.4 Å². The van der Waals surface area contributed by atoms with Gasteiger partial charge in [-0.05, 0) is 74.6 Å². The number of aromatic nitrogens is 1. The van der Waals surface area contributed by atoms with Crippen molar-refractivity contribution in [3.8, 4) is 0 Å². The number of carbonyl (C=O) groups is 1. The molecule has 142 valence electrons. The van der Waals surface area contributed by atoms with Gasteiger partial charge in [-0.3, -0.25) is 9.47 Å². The second kappa shape index (κ2) is 7.61. The zero-order valence-corrected chi connectivity index (χ0v) is 15.9. The summed E-state index contributed by atoms with van der Waals surface area (Å²) in [5, 5.41) is 1.10. The highest BCUT2D eigenvalue weighted by molar-refractivity contribution is 6.10. The summed E-state index contributed by atoms with van der Waals surface area (Å²) in [6.07, 6.45) is 9.86. The van der Waals surface area contributed by atoms with Crippen LogP contribution in [0.5, 0.6) is 0 Å². The number of nitrogen functional groups attached to an aromatic ring is 1. The largest absolute Gasteiger partial charge is 0.472 e. The van der Waals surface area contributed by atoms with Crippen LogP contribution in [0.3, 0.4) is 0 Å². The molecular weight excluding hydrogens is 338 g/mol. The van der Waals surface area contributed by atoms with Gasteiger partial charge in [0, 0.05) is 17.1 Å². The Balaban J connectivity index is 1.60. The minimum Gasteiger partial charge on any atom is -0.472 e. The van der Waals surface area contributed by atoms with Crippen LogP contribution in [0.15, 0.2) is 47.4 Å². The van der Waals surface area contributed by atoms with Crippen molar-refractivity contribution >= 4 is 16.7 Å². The molecule has 0 bridgehead atoms. The van der Waals surface area contributed by atoms with E-state index in [4.69, 9.17) is 10.3 Å². The monoisotopic (exact) mass is 365 g/mol. The predicted molar refractivity (Wildman–Crippen MR) is 108 cm³/mol. The lowest BCUT2D eigenvalue weighted by Crippen LogP contribution is -2.33. The summed E-state index contributed by atoms with van der Waals surface area (Å²) in [4.78, 5) is 15.2. The molecule has 0 spiro atoms. The molecule has 0 saturated carbocycles. The number of piperidine rings is 1. The first kappa shape index (κ1) is 17.9. The van der Waals surface area contributed by atoms with Gasteiger partial charge in [-0.1, -0.05) is 13.3 Å². The van der Waals surface area contributed by atoms with Gasteiger partial charge in [0.25, 0.3) is 0 Å². The van der Waals surface area contributed by atoms with Crippen LogP contribution in [-0.4, -0.2) is 35.0 Å². The number of likely N-dealkylation sites (tertiary alicyclic amines) is 1. The molecule has 0 aliphatic carbocycles. The van der Waals surface area contributed by atoms with Gasteiger partial charge in [0.05, 0.1) is 17.3 Å². The number of benzene rings is 1. The van der Waals surface area contributed by atoms with Gasteiger partial charge in [-0.25, -0.2) is 0 Å². The highest BCUT2D eigenvalue weighted by Gasteiger charge is 2.24. The number of nitrogens with zero attached hydrogens (tertiary/aromatic N) is 2. The Kier molecular flexibility index (Phi) is 5.03. The van der Waals surface area contributed by atoms with Crippen LogP contribution in [0.25, 0.3) is 10.9 Å². The van der Waals surface area contributed by atoms with Gasteiger partial charge >= 0.3 is 0 Å². The highest BCUT2D eigenvalue weighted by atomic mass is 16.3. The van der Waals surface area contributed by atoms with Crippen LogP contribution >= 0.6 is 0 Å². The fraction of sp³-hybridized carbons (Fsp3) is 0.409. The average Bonchev–Trinajstić information content (AvgIpc) is 3.35. The van der Waals surface area contributed by atoms with Crippen molar-refractivity contribution in [1.29, 1.82) is 0 Å². The second-order valence-corrected chi connectivity index (χ2v) is 7.53. The van der Waals surface area contributed by atoms with Crippen LogP contribution in [0.4, 0.5) is 0 Å². The molecule has 2 N–H and O–H groups in total. The Morgan fingerprint density at radius 2 is 2.04 bits per heavy atom. The Morgan fingerprint density at radius 1 is 1.22 bits per heavy atom. The van der Waals surface area contributed by atoms with E-state index in [1.54, 1.807) is 10.7 Å². The van der Waals surface area contributed by atoms with E-state index in [0.717, 1.165) is 36.8 Å². The molecule has 1 aromatic carbocycles. The number of rotatable bonds is 6. The number of unbranched alkanes of at least 4 members (excludes halogenated alkanes) is 1. The third kappa shape index (κ3) is 3.52. The van der Waals surface area contributed by atoms with Crippen LogP contribution in [0.2, 0.25) is 0 Å². The Morgan fingerprint density at radius 3 is 2.74 bits per heavy atom. The van der Waals surface area contributed by atoms with Crippen LogP contribution in [0, 0.1) is 0 Å². The number of nitrogens with two attached hydrogens (primary N) is 1. The van der Waals surface area contributed by atoms with Gasteiger partial charge in [0.1, 0.15) is 6.26 Å². The second-order valence-electron chi connectivity index (χ2n) is 7.53. The van der Waals surface area contributed by atoms with Crippen LogP contribution in [-0.2, 0) is 0 Å². The van der Waals surface area contributed by atoms with Crippen molar-refractivity contribution in [1.82, 2.24) is 9.58 Å². The van der Waals surface area contributed by atoms with E-state index < -0.39 is 0 Å². The number of hydrogen-bond acceptors (Lipinski definition) is 4. The maximum Gasteiger partial charge on any atom is 0.196 e. The third-order valence-electron chi connectivity index (χ3n) is 5.76. The summed E-state index contributed by atoms with van der Waals surface area (Å²) in [5.74, 6) is 6.68. The first-order valence-electron chi connectivity index (χ1n) is 9.86. The molecular formula is C22H27N3O2. The molecule has 1 aliphatic heterocycles. The zero-order valence-electron chi connectivity index (χ0n) is 15.9. The fourth-order valence-electron chi connectivity index (χ4n) is 4.16. The Bertz CT molecular complexity index is 919. The molecule has 2 aromatic heterocycles. The standard InChI is InChI=1S/C22H27N3O2/c1-2-3-9-24-10-6-16(7-11-24)20-14-25(23)21-5-4-17(13-19(20)21)22(26)18-8-12-27-15-18/h4-5,8,12-16H,2-3,6-7,9-11,23H2,1H3. The molecule has 3 aromatic rings. The van der Waals surface area contributed by atoms with Crippen molar-refractivity contribution in [2.45, 2.75) is 38.5 Å². The lowest BCUT2D eigenvalue weighted by molar-refractivity contribution is 0.103. The SMILES string of the molecule is CCCCN1CCC(c2cn(N)c3ccc(C(=O)c4ccoc4)cc23)CC1. The molecule has 0 atom stereocenters. The number of fused-ring (bicyclic) bond motifs is 1. The molecule has 27 heavy (non-hydrogen) atoms. The lowest BCUT2D eigenvalue weighted by Gasteiger charge is -2.31. The summed E-state index contributed by atoms with van der Waals surface area (Å²) in [7, 11) is 0. The van der Waals surface area contributed by atoms with E-state index in [2.05, 4.69) is 11.8 Å². The van der Waals surface area contributed by atoms with Crippen molar-refractivity contribution < 1.29 is 9.21 Å². The summed E-state index contributed by atoms with van der Waals surface area (Å²) >= 11 is 0. The zero-order chi connectivity index (χ0) is 18.8. The lowest BCUT2D eigenvalue weighted by atomic mass is 9.88. The predicted octanol–water partition coefficient (Wildman–Crippen LogP) is 4.16. The Labute approximate surface area is 159 Å². The normalized spacial score (nSPS) is 16.2.